The maximum Gasteiger partial charge on any atom is 0.243 e. The van der Waals surface area contributed by atoms with Gasteiger partial charge in [-0.15, -0.1) is 0 Å². The van der Waals surface area contributed by atoms with Crippen molar-refractivity contribution in [3.63, 3.8) is 0 Å². The van der Waals surface area contributed by atoms with Gasteiger partial charge in [0.1, 0.15) is 0 Å². The standard InChI is InChI=1S/C16H17BrN2O2S/c17-13-7-4-8-14(9-13)22(20,21)19-10-15(16(18)11-19)12-5-2-1-3-6-12/h1-9,15-16H,10-11,18H2/t15-,16+/m0/s1. The van der Waals surface area contributed by atoms with Crippen LogP contribution in [0, 0.1) is 0 Å². The monoisotopic (exact) mass is 380 g/mol. The summed E-state index contributed by atoms with van der Waals surface area (Å²) in [5, 5.41) is 0. The summed E-state index contributed by atoms with van der Waals surface area (Å²) in [6, 6.07) is 16.4. The molecule has 0 spiro atoms. The molecule has 1 aliphatic heterocycles. The molecule has 116 valence electrons. The third kappa shape index (κ3) is 2.96. The highest BCUT2D eigenvalue weighted by Crippen LogP contribution is 2.31. The summed E-state index contributed by atoms with van der Waals surface area (Å²) in [4.78, 5) is 0.294. The zero-order chi connectivity index (χ0) is 15.7. The van der Waals surface area contributed by atoms with Crippen LogP contribution in [-0.2, 0) is 10.0 Å². The summed E-state index contributed by atoms with van der Waals surface area (Å²) < 4.78 is 27.7. The Morgan fingerprint density at radius 2 is 1.77 bits per heavy atom. The lowest BCUT2D eigenvalue weighted by Gasteiger charge is -2.16. The van der Waals surface area contributed by atoms with E-state index in [9.17, 15) is 8.42 Å². The Bertz CT molecular complexity index is 765. The van der Waals surface area contributed by atoms with E-state index >= 15 is 0 Å². The van der Waals surface area contributed by atoms with Crippen molar-refractivity contribution in [3.05, 3.63) is 64.6 Å². The van der Waals surface area contributed by atoms with Crippen LogP contribution in [-0.4, -0.2) is 31.9 Å². The van der Waals surface area contributed by atoms with Crippen LogP contribution in [0.1, 0.15) is 11.5 Å². The lowest BCUT2D eigenvalue weighted by molar-refractivity contribution is 0.470. The quantitative estimate of drug-likeness (QED) is 0.889. The van der Waals surface area contributed by atoms with Crippen molar-refractivity contribution in [1.29, 1.82) is 0 Å². The molecule has 4 nitrogen and oxygen atoms in total. The minimum atomic E-state index is -3.51. The molecule has 1 heterocycles. The third-order valence-electron chi connectivity index (χ3n) is 3.99. The zero-order valence-electron chi connectivity index (χ0n) is 11.9. The molecule has 2 N–H and O–H groups in total. The minimum Gasteiger partial charge on any atom is -0.326 e. The van der Waals surface area contributed by atoms with Crippen LogP contribution in [0.15, 0.2) is 64.0 Å². The zero-order valence-corrected chi connectivity index (χ0v) is 14.3. The number of halogens is 1. The van der Waals surface area contributed by atoms with Crippen LogP contribution in [0.5, 0.6) is 0 Å². The topological polar surface area (TPSA) is 63.4 Å². The van der Waals surface area contributed by atoms with E-state index in [-0.39, 0.29) is 12.0 Å². The largest absolute Gasteiger partial charge is 0.326 e. The van der Waals surface area contributed by atoms with Crippen LogP contribution < -0.4 is 5.73 Å². The first kappa shape index (κ1) is 15.7. The molecular formula is C16H17BrN2O2S. The van der Waals surface area contributed by atoms with Gasteiger partial charge in [-0.05, 0) is 23.8 Å². The first-order chi connectivity index (χ1) is 10.5. The number of benzene rings is 2. The van der Waals surface area contributed by atoms with Gasteiger partial charge < -0.3 is 5.73 Å². The summed E-state index contributed by atoms with van der Waals surface area (Å²) >= 11 is 3.32. The average molecular weight is 381 g/mol. The fourth-order valence-electron chi connectivity index (χ4n) is 2.82. The summed E-state index contributed by atoms with van der Waals surface area (Å²) in [6.45, 7) is 0.758. The van der Waals surface area contributed by atoms with Gasteiger partial charge in [0.2, 0.25) is 10.0 Å². The van der Waals surface area contributed by atoms with Crippen LogP contribution in [0.2, 0.25) is 0 Å². The number of hydrogen-bond acceptors (Lipinski definition) is 3. The van der Waals surface area contributed by atoms with Gasteiger partial charge in [-0.3, -0.25) is 0 Å². The van der Waals surface area contributed by atoms with Crippen LogP contribution in [0.4, 0.5) is 0 Å². The van der Waals surface area contributed by atoms with Crippen molar-refractivity contribution in [2.75, 3.05) is 13.1 Å². The van der Waals surface area contributed by atoms with Gasteiger partial charge in [0, 0.05) is 29.5 Å². The van der Waals surface area contributed by atoms with Crippen molar-refractivity contribution in [1.82, 2.24) is 4.31 Å². The Hall–Kier alpha value is -1.21. The van der Waals surface area contributed by atoms with Gasteiger partial charge in [0.15, 0.2) is 0 Å². The predicted molar refractivity (Wildman–Crippen MR) is 90.1 cm³/mol. The molecule has 0 saturated carbocycles. The van der Waals surface area contributed by atoms with E-state index in [1.54, 1.807) is 18.2 Å². The highest BCUT2D eigenvalue weighted by Gasteiger charge is 2.38. The Morgan fingerprint density at radius 3 is 2.45 bits per heavy atom. The molecule has 3 rings (SSSR count). The fraction of sp³-hybridized carbons (Fsp3) is 0.250. The molecule has 22 heavy (non-hydrogen) atoms. The summed E-state index contributed by atoms with van der Waals surface area (Å²) in [5.74, 6) is 0.0307. The van der Waals surface area contributed by atoms with Gasteiger partial charge in [-0.25, -0.2) is 8.42 Å². The Kier molecular flexibility index (Phi) is 4.36. The first-order valence-electron chi connectivity index (χ1n) is 7.05. The summed E-state index contributed by atoms with van der Waals surface area (Å²) in [7, 11) is -3.51. The molecule has 1 aliphatic rings. The Morgan fingerprint density at radius 1 is 1.05 bits per heavy atom. The first-order valence-corrected chi connectivity index (χ1v) is 9.28. The van der Waals surface area contributed by atoms with Crippen LogP contribution >= 0.6 is 15.9 Å². The van der Waals surface area contributed by atoms with Gasteiger partial charge in [0.25, 0.3) is 0 Å². The number of nitrogens with zero attached hydrogens (tertiary/aromatic N) is 1. The Labute approximate surface area is 139 Å². The minimum absolute atomic E-state index is 0.0307. The van der Waals surface area contributed by atoms with E-state index in [4.69, 9.17) is 5.73 Å². The number of rotatable bonds is 3. The lowest BCUT2D eigenvalue weighted by atomic mass is 9.95. The fourth-order valence-corrected chi connectivity index (χ4v) is 4.92. The smallest absolute Gasteiger partial charge is 0.243 e. The van der Waals surface area contributed by atoms with Crippen molar-refractivity contribution in [3.8, 4) is 0 Å². The molecule has 1 saturated heterocycles. The normalized spacial score (nSPS) is 22.8. The molecule has 1 fully saturated rings. The molecule has 0 unspecified atom stereocenters. The molecule has 2 aromatic carbocycles. The molecule has 0 bridgehead atoms. The molecule has 0 aromatic heterocycles. The van der Waals surface area contributed by atoms with Crippen molar-refractivity contribution in [2.45, 2.75) is 16.9 Å². The van der Waals surface area contributed by atoms with E-state index in [1.165, 1.54) is 4.31 Å². The molecule has 0 amide bonds. The van der Waals surface area contributed by atoms with E-state index in [2.05, 4.69) is 15.9 Å². The second-order valence-electron chi connectivity index (χ2n) is 5.46. The second kappa shape index (κ2) is 6.12. The average Bonchev–Trinajstić information content (AvgIpc) is 2.91. The number of sulfonamides is 1. The van der Waals surface area contributed by atoms with E-state index in [0.29, 0.717) is 18.0 Å². The maximum atomic E-state index is 12.8. The van der Waals surface area contributed by atoms with Crippen LogP contribution in [0.25, 0.3) is 0 Å². The predicted octanol–water partition coefficient (Wildman–Crippen LogP) is 2.56. The van der Waals surface area contributed by atoms with Crippen LogP contribution in [0.3, 0.4) is 0 Å². The molecule has 2 aromatic rings. The highest BCUT2D eigenvalue weighted by molar-refractivity contribution is 9.10. The van der Waals surface area contributed by atoms with Gasteiger partial charge in [-0.1, -0.05) is 52.3 Å². The molecule has 0 aliphatic carbocycles. The molecule has 6 heteroatoms. The summed E-state index contributed by atoms with van der Waals surface area (Å²) in [5.41, 5.74) is 7.28. The van der Waals surface area contributed by atoms with E-state index in [0.717, 1.165) is 10.0 Å². The summed E-state index contributed by atoms with van der Waals surface area (Å²) in [6.07, 6.45) is 0. The SMILES string of the molecule is N[C@@H]1CN(S(=O)(=O)c2cccc(Br)c2)C[C@H]1c1ccccc1. The van der Waals surface area contributed by atoms with Gasteiger partial charge in [-0.2, -0.15) is 4.31 Å². The Balaban J connectivity index is 1.88. The molecule has 0 radical (unpaired) electrons. The van der Waals surface area contributed by atoms with E-state index < -0.39 is 10.0 Å². The number of nitrogens with two attached hydrogens (primary N) is 1. The van der Waals surface area contributed by atoms with Crippen molar-refractivity contribution >= 4 is 26.0 Å². The van der Waals surface area contributed by atoms with Gasteiger partial charge >= 0.3 is 0 Å². The molecular weight excluding hydrogens is 364 g/mol. The number of hydrogen-bond donors (Lipinski definition) is 1. The van der Waals surface area contributed by atoms with Crippen molar-refractivity contribution < 1.29 is 8.42 Å². The third-order valence-corrected chi connectivity index (χ3v) is 6.31. The highest BCUT2D eigenvalue weighted by atomic mass is 79.9. The lowest BCUT2D eigenvalue weighted by Crippen LogP contribution is -2.32. The maximum absolute atomic E-state index is 12.8. The second-order valence-corrected chi connectivity index (χ2v) is 8.31. The van der Waals surface area contributed by atoms with Crippen molar-refractivity contribution in [2.24, 2.45) is 5.73 Å². The van der Waals surface area contributed by atoms with E-state index in [1.807, 2.05) is 36.4 Å². The van der Waals surface area contributed by atoms with Gasteiger partial charge in [0.05, 0.1) is 4.90 Å². The molecule has 2 atom stereocenters.